The van der Waals surface area contributed by atoms with Gasteiger partial charge in [-0.25, -0.2) is 0 Å². The maximum atomic E-state index is 12.7. The van der Waals surface area contributed by atoms with Gasteiger partial charge < -0.3 is 9.47 Å². The van der Waals surface area contributed by atoms with Crippen LogP contribution in [0.2, 0.25) is 0 Å². The summed E-state index contributed by atoms with van der Waals surface area (Å²) in [5.41, 5.74) is 2.26. The lowest BCUT2D eigenvalue weighted by atomic mass is 10.1. The molecule has 0 bridgehead atoms. The number of benzene rings is 2. The van der Waals surface area contributed by atoms with Gasteiger partial charge in [0.15, 0.2) is 5.43 Å². The van der Waals surface area contributed by atoms with Gasteiger partial charge in [-0.2, -0.15) is 0 Å². The van der Waals surface area contributed by atoms with Gasteiger partial charge in [0.1, 0.15) is 0 Å². The Balaban J connectivity index is 1.69. The van der Waals surface area contributed by atoms with E-state index in [0.717, 1.165) is 41.3 Å². The van der Waals surface area contributed by atoms with E-state index >= 15 is 0 Å². The van der Waals surface area contributed by atoms with Crippen LogP contribution in [0.25, 0.3) is 21.8 Å². The lowest BCUT2D eigenvalue weighted by Gasteiger charge is -2.26. The largest absolute Gasteiger partial charge is 0.340 e. The van der Waals surface area contributed by atoms with E-state index in [9.17, 15) is 4.79 Å². The van der Waals surface area contributed by atoms with Crippen LogP contribution < -0.4 is 5.43 Å². The van der Waals surface area contributed by atoms with E-state index in [2.05, 4.69) is 21.6 Å². The lowest BCUT2D eigenvalue weighted by molar-refractivity contribution is 0.223. The zero-order chi connectivity index (χ0) is 16.4. The van der Waals surface area contributed by atoms with E-state index < -0.39 is 0 Å². The number of piperidine rings is 1. The molecule has 2 aromatic carbocycles. The quantitative estimate of drug-likeness (QED) is 0.678. The van der Waals surface area contributed by atoms with Crippen molar-refractivity contribution in [1.29, 1.82) is 0 Å². The molecule has 0 saturated carbocycles. The zero-order valence-electron chi connectivity index (χ0n) is 14.1. The minimum atomic E-state index is 0.147. The topological polar surface area (TPSA) is 25.2 Å². The molecule has 1 aromatic heterocycles. The number of nitrogens with zero attached hydrogens (tertiary/aromatic N) is 2. The predicted molar refractivity (Wildman–Crippen MR) is 101 cm³/mol. The first-order valence-corrected chi connectivity index (χ1v) is 9.07. The number of fused-ring (bicyclic) bond motifs is 2. The van der Waals surface area contributed by atoms with Gasteiger partial charge in [0, 0.05) is 17.3 Å². The molecule has 3 aromatic rings. The van der Waals surface area contributed by atoms with Gasteiger partial charge in [0.25, 0.3) is 0 Å². The van der Waals surface area contributed by atoms with Crippen molar-refractivity contribution in [3.05, 3.63) is 58.8 Å². The van der Waals surface area contributed by atoms with Crippen LogP contribution in [0.5, 0.6) is 0 Å². The maximum absolute atomic E-state index is 12.7. The monoisotopic (exact) mass is 320 g/mol. The third kappa shape index (κ3) is 2.84. The van der Waals surface area contributed by atoms with E-state index in [1.807, 2.05) is 36.4 Å². The van der Waals surface area contributed by atoms with E-state index in [4.69, 9.17) is 0 Å². The highest BCUT2D eigenvalue weighted by atomic mass is 16.1. The van der Waals surface area contributed by atoms with E-state index in [1.165, 1.54) is 32.4 Å². The second-order valence-corrected chi connectivity index (χ2v) is 6.77. The minimum Gasteiger partial charge on any atom is -0.340 e. The molecule has 0 amide bonds. The number of aromatic nitrogens is 1. The van der Waals surface area contributed by atoms with Crippen LogP contribution in [0.1, 0.15) is 25.7 Å². The minimum absolute atomic E-state index is 0.147. The average Bonchev–Trinajstić information content (AvgIpc) is 2.65. The Bertz CT molecular complexity index is 846. The van der Waals surface area contributed by atoms with Gasteiger partial charge in [-0.15, -0.1) is 0 Å². The molecule has 0 aliphatic carbocycles. The zero-order valence-corrected chi connectivity index (χ0v) is 14.1. The Kier molecular flexibility index (Phi) is 4.35. The molecule has 0 unspecified atom stereocenters. The van der Waals surface area contributed by atoms with Crippen LogP contribution in [0.4, 0.5) is 0 Å². The van der Waals surface area contributed by atoms with Crippen LogP contribution in [0.15, 0.2) is 53.3 Å². The van der Waals surface area contributed by atoms with Crippen molar-refractivity contribution in [2.75, 3.05) is 19.6 Å². The molecule has 124 valence electrons. The van der Waals surface area contributed by atoms with Crippen molar-refractivity contribution < 1.29 is 0 Å². The molecular formula is C21H24N2O. The van der Waals surface area contributed by atoms with Crippen molar-refractivity contribution in [3.63, 3.8) is 0 Å². The second kappa shape index (κ2) is 6.78. The smallest absolute Gasteiger partial charge is 0.197 e. The van der Waals surface area contributed by atoms with E-state index in [-0.39, 0.29) is 5.43 Å². The van der Waals surface area contributed by atoms with Crippen molar-refractivity contribution in [2.45, 2.75) is 32.2 Å². The molecule has 1 aliphatic rings. The van der Waals surface area contributed by atoms with Crippen LogP contribution in [0, 0.1) is 0 Å². The fourth-order valence-electron chi connectivity index (χ4n) is 3.95. The molecule has 3 heteroatoms. The first kappa shape index (κ1) is 15.4. The van der Waals surface area contributed by atoms with Crippen molar-refractivity contribution >= 4 is 21.8 Å². The maximum Gasteiger partial charge on any atom is 0.197 e. The molecule has 0 N–H and O–H groups in total. The third-order valence-electron chi connectivity index (χ3n) is 5.18. The molecule has 0 atom stereocenters. The first-order chi connectivity index (χ1) is 11.8. The van der Waals surface area contributed by atoms with Gasteiger partial charge in [0.05, 0.1) is 11.0 Å². The van der Waals surface area contributed by atoms with Gasteiger partial charge in [-0.3, -0.25) is 4.79 Å². The Morgan fingerprint density at radius 3 is 1.96 bits per heavy atom. The Labute approximate surface area is 142 Å². The summed E-state index contributed by atoms with van der Waals surface area (Å²) in [6.45, 7) is 4.59. The van der Waals surface area contributed by atoms with Gasteiger partial charge >= 0.3 is 0 Å². The van der Waals surface area contributed by atoms with Gasteiger partial charge in [-0.1, -0.05) is 30.7 Å². The Hall–Kier alpha value is -2.13. The summed E-state index contributed by atoms with van der Waals surface area (Å²) in [6, 6.07) is 16.0. The molecule has 3 nitrogen and oxygen atoms in total. The van der Waals surface area contributed by atoms with Gasteiger partial charge in [0.2, 0.25) is 0 Å². The van der Waals surface area contributed by atoms with Crippen molar-refractivity contribution in [2.24, 2.45) is 0 Å². The highest BCUT2D eigenvalue weighted by Crippen LogP contribution is 2.20. The number of hydrogen-bond acceptors (Lipinski definition) is 2. The number of pyridine rings is 1. The van der Waals surface area contributed by atoms with Crippen molar-refractivity contribution in [1.82, 2.24) is 9.47 Å². The summed E-state index contributed by atoms with van der Waals surface area (Å²) in [5, 5.41) is 1.66. The average molecular weight is 320 g/mol. The van der Waals surface area contributed by atoms with E-state index in [1.54, 1.807) is 0 Å². The number of aryl methyl sites for hydroxylation is 1. The number of rotatable bonds is 4. The highest BCUT2D eigenvalue weighted by molar-refractivity contribution is 5.93. The molecular weight excluding hydrogens is 296 g/mol. The number of para-hydroxylation sites is 2. The van der Waals surface area contributed by atoms with Crippen LogP contribution in [-0.2, 0) is 6.54 Å². The SMILES string of the molecule is O=c1c2ccccc2n(CCCN2CCCCC2)c2ccccc12. The second-order valence-electron chi connectivity index (χ2n) is 6.77. The summed E-state index contributed by atoms with van der Waals surface area (Å²) in [7, 11) is 0. The molecule has 24 heavy (non-hydrogen) atoms. The molecule has 1 saturated heterocycles. The molecule has 0 radical (unpaired) electrons. The lowest BCUT2D eigenvalue weighted by Crippen LogP contribution is -2.31. The summed E-state index contributed by atoms with van der Waals surface area (Å²) in [4.78, 5) is 15.3. The number of hydrogen-bond donors (Lipinski definition) is 0. The van der Waals surface area contributed by atoms with Crippen molar-refractivity contribution in [3.8, 4) is 0 Å². The summed E-state index contributed by atoms with van der Waals surface area (Å²) in [5.74, 6) is 0. The molecule has 0 spiro atoms. The molecule has 1 aliphatic heterocycles. The van der Waals surface area contributed by atoms with Crippen LogP contribution in [0.3, 0.4) is 0 Å². The fourth-order valence-corrected chi connectivity index (χ4v) is 3.95. The fraction of sp³-hybridized carbons (Fsp3) is 0.381. The van der Waals surface area contributed by atoms with Crippen LogP contribution in [-0.4, -0.2) is 29.1 Å². The molecule has 1 fully saturated rings. The standard InChI is InChI=1S/C21H24N2O/c24-21-17-9-2-4-11-19(17)23(20-12-5-3-10-18(20)21)16-8-15-22-13-6-1-7-14-22/h2-5,9-12H,1,6-8,13-16H2. The summed E-state index contributed by atoms with van der Waals surface area (Å²) >= 11 is 0. The predicted octanol–water partition coefficient (Wildman–Crippen LogP) is 4.03. The summed E-state index contributed by atoms with van der Waals surface area (Å²) < 4.78 is 2.33. The molecule has 4 rings (SSSR count). The third-order valence-corrected chi connectivity index (χ3v) is 5.18. The van der Waals surface area contributed by atoms with E-state index in [0.29, 0.717) is 0 Å². The Morgan fingerprint density at radius 2 is 1.33 bits per heavy atom. The molecule has 2 heterocycles. The summed E-state index contributed by atoms with van der Waals surface area (Å²) in [6.07, 6.45) is 5.18. The van der Waals surface area contributed by atoms with Crippen LogP contribution >= 0.6 is 0 Å². The van der Waals surface area contributed by atoms with Gasteiger partial charge in [-0.05, 0) is 63.2 Å². The normalized spacial score (nSPS) is 16.0. The number of likely N-dealkylation sites (tertiary alicyclic amines) is 1. The Morgan fingerprint density at radius 1 is 0.750 bits per heavy atom. The highest BCUT2D eigenvalue weighted by Gasteiger charge is 2.12. The first-order valence-electron chi connectivity index (χ1n) is 9.07.